The van der Waals surface area contributed by atoms with Crippen molar-refractivity contribution in [2.24, 2.45) is 0 Å². The van der Waals surface area contributed by atoms with E-state index in [1.165, 1.54) is 4.90 Å². The van der Waals surface area contributed by atoms with Gasteiger partial charge in [0.25, 0.3) is 5.91 Å². The Balaban J connectivity index is 2.52. The number of hydrogen-bond donors (Lipinski definition) is 1. The van der Waals surface area contributed by atoms with Crippen LogP contribution in [-0.4, -0.2) is 48.4 Å². The number of nitrogens with one attached hydrogen (secondary N) is 1. The lowest BCUT2D eigenvalue weighted by Crippen LogP contribution is -2.40. The Morgan fingerprint density at radius 2 is 1.78 bits per heavy atom. The van der Waals surface area contributed by atoms with Gasteiger partial charge in [0.2, 0.25) is 0 Å². The molecule has 0 atom stereocenters. The van der Waals surface area contributed by atoms with Gasteiger partial charge in [-0.15, -0.1) is 0 Å². The maximum absolute atomic E-state index is 11.9. The molecule has 0 aromatic carbocycles. The predicted molar refractivity (Wildman–Crippen MR) is 66.0 cm³/mol. The molecule has 0 radical (unpaired) electrons. The van der Waals surface area contributed by atoms with Gasteiger partial charge < -0.3 is 14.8 Å². The van der Waals surface area contributed by atoms with Gasteiger partial charge in [0.1, 0.15) is 5.54 Å². The summed E-state index contributed by atoms with van der Waals surface area (Å²) in [6.45, 7) is 8.52. The summed E-state index contributed by atoms with van der Waals surface area (Å²) in [5.41, 5.74) is -0.816. The lowest BCUT2D eigenvalue weighted by atomic mass is 10.1. The van der Waals surface area contributed by atoms with E-state index in [0.717, 1.165) is 0 Å². The van der Waals surface area contributed by atoms with Crippen molar-refractivity contribution in [3.8, 4) is 0 Å². The summed E-state index contributed by atoms with van der Waals surface area (Å²) in [7, 11) is 0. The molecule has 1 heterocycles. The summed E-state index contributed by atoms with van der Waals surface area (Å²) in [6.07, 6.45) is 0.112. The van der Waals surface area contributed by atoms with Crippen LogP contribution in [0.4, 0.5) is 4.79 Å². The second-order valence-electron chi connectivity index (χ2n) is 4.64. The smallest absolute Gasteiger partial charge is 0.325 e. The highest BCUT2D eigenvalue weighted by Crippen LogP contribution is 2.17. The molecule has 1 aliphatic rings. The number of nitrogens with zero attached hydrogens (tertiary/aromatic N) is 1. The van der Waals surface area contributed by atoms with Gasteiger partial charge in [0.05, 0.1) is 0 Å². The Hall–Kier alpha value is -1.14. The monoisotopic (exact) mass is 258 g/mol. The number of carbonyl (C=O) groups is 2. The van der Waals surface area contributed by atoms with Crippen molar-refractivity contribution in [3.63, 3.8) is 0 Å². The molecule has 1 N–H and O–H groups in total. The highest BCUT2D eigenvalue weighted by molar-refractivity contribution is 6.06. The van der Waals surface area contributed by atoms with Crippen LogP contribution < -0.4 is 5.32 Å². The van der Waals surface area contributed by atoms with E-state index >= 15 is 0 Å². The number of rotatable bonds is 7. The first-order valence-corrected chi connectivity index (χ1v) is 6.29. The maximum Gasteiger partial charge on any atom is 0.325 e. The molecule has 0 aromatic heterocycles. The zero-order valence-electron chi connectivity index (χ0n) is 11.5. The molecule has 1 aliphatic heterocycles. The zero-order chi connectivity index (χ0) is 13.8. The fourth-order valence-electron chi connectivity index (χ4n) is 1.84. The maximum atomic E-state index is 11.9. The molecule has 0 aromatic rings. The Morgan fingerprint density at radius 1 is 1.22 bits per heavy atom. The highest BCUT2D eigenvalue weighted by atomic mass is 16.7. The van der Waals surface area contributed by atoms with Crippen LogP contribution in [-0.2, 0) is 14.3 Å². The SMILES string of the molecule is CCOC(CCN1C(=O)NC(C)(C)C1=O)OCC. The largest absolute Gasteiger partial charge is 0.353 e. The van der Waals surface area contributed by atoms with Gasteiger partial charge in [-0.2, -0.15) is 0 Å². The molecule has 104 valence electrons. The Labute approximate surface area is 108 Å². The third kappa shape index (κ3) is 3.43. The average molecular weight is 258 g/mol. The second-order valence-corrected chi connectivity index (χ2v) is 4.64. The lowest BCUT2D eigenvalue weighted by Gasteiger charge is -2.20. The van der Waals surface area contributed by atoms with Crippen molar-refractivity contribution in [1.82, 2.24) is 10.2 Å². The van der Waals surface area contributed by atoms with Crippen LogP contribution in [0.25, 0.3) is 0 Å². The van der Waals surface area contributed by atoms with Crippen LogP contribution in [0, 0.1) is 0 Å². The van der Waals surface area contributed by atoms with E-state index in [2.05, 4.69) is 5.32 Å². The molecule has 1 fully saturated rings. The van der Waals surface area contributed by atoms with Gasteiger partial charge in [0.15, 0.2) is 6.29 Å². The normalized spacial score (nSPS) is 18.6. The third-order valence-electron chi connectivity index (χ3n) is 2.74. The third-order valence-corrected chi connectivity index (χ3v) is 2.74. The van der Waals surface area contributed by atoms with Gasteiger partial charge in [-0.05, 0) is 27.7 Å². The fourth-order valence-corrected chi connectivity index (χ4v) is 1.84. The van der Waals surface area contributed by atoms with Gasteiger partial charge in [-0.1, -0.05) is 0 Å². The van der Waals surface area contributed by atoms with Gasteiger partial charge >= 0.3 is 6.03 Å². The van der Waals surface area contributed by atoms with Crippen LogP contribution >= 0.6 is 0 Å². The summed E-state index contributed by atoms with van der Waals surface area (Å²) in [5, 5.41) is 2.64. The average Bonchev–Trinajstić information content (AvgIpc) is 2.47. The van der Waals surface area contributed by atoms with E-state index < -0.39 is 5.54 Å². The molecule has 0 saturated carbocycles. The van der Waals surface area contributed by atoms with E-state index in [-0.39, 0.29) is 18.2 Å². The molecule has 0 aliphatic carbocycles. The van der Waals surface area contributed by atoms with E-state index in [9.17, 15) is 9.59 Å². The quantitative estimate of drug-likeness (QED) is 0.548. The van der Waals surface area contributed by atoms with Crippen LogP contribution in [0.15, 0.2) is 0 Å². The van der Waals surface area contributed by atoms with Crippen molar-refractivity contribution in [3.05, 3.63) is 0 Å². The minimum Gasteiger partial charge on any atom is -0.353 e. The fraction of sp³-hybridized carbons (Fsp3) is 0.833. The highest BCUT2D eigenvalue weighted by Gasteiger charge is 2.44. The summed E-state index contributed by atoms with van der Waals surface area (Å²) >= 11 is 0. The summed E-state index contributed by atoms with van der Waals surface area (Å²) in [4.78, 5) is 24.8. The molecule has 18 heavy (non-hydrogen) atoms. The first-order chi connectivity index (χ1) is 8.42. The number of imide groups is 1. The molecule has 1 rings (SSSR count). The van der Waals surface area contributed by atoms with Gasteiger partial charge in [-0.25, -0.2) is 4.79 Å². The molecule has 0 spiro atoms. The predicted octanol–water partition coefficient (Wildman–Crippen LogP) is 1.11. The standard InChI is InChI=1S/C12H22N2O4/c1-5-17-9(18-6-2)7-8-14-10(15)12(3,4)13-11(14)16/h9H,5-8H2,1-4H3,(H,13,16). The Morgan fingerprint density at radius 3 is 2.17 bits per heavy atom. The van der Waals surface area contributed by atoms with Gasteiger partial charge in [-0.3, -0.25) is 9.69 Å². The van der Waals surface area contributed by atoms with E-state index in [0.29, 0.717) is 26.2 Å². The summed E-state index contributed by atoms with van der Waals surface area (Å²) < 4.78 is 10.7. The molecule has 6 heteroatoms. The topological polar surface area (TPSA) is 67.9 Å². The van der Waals surface area contributed by atoms with Crippen molar-refractivity contribution in [2.45, 2.75) is 45.9 Å². The molecule has 1 saturated heterocycles. The second kappa shape index (κ2) is 6.15. The van der Waals surface area contributed by atoms with Crippen molar-refractivity contribution < 1.29 is 19.1 Å². The Bertz CT molecular complexity index is 311. The minimum absolute atomic E-state index is 0.209. The number of ether oxygens (including phenoxy) is 2. The number of carbonyl (C=O) groups excluding carboxylic acids is 2. The van der Waals surface area contributed by atoms with E-state index in [4.69, 9.17) is 9.47 Å². The van der Waals surface area contributed by atoms with Crippen molar-refractivity contribution >= 4 is 11.9 Å². The summed E-state index contributed by atoms with van der Waals surface area (Å²) in [5.74, 6) is -0.209. The Kier molecular flexibility index (Phi) is 5.10. The molecule has 6 nitrogen and oxygen atoms in total. The minimum atomic E-state index is -0.816. The van der Waals surface area contributed by atoms with Crippen molar-refractivity contribution in [1.29, 1.82) is 0 Å². The van der Waals surface area contributed by atoms with E-state index in [1.807, 2.05) is 13.8 Å². The molecule has 0 unspecified atom stereocenters. The molecule has 0 bridgehead atoms. The number of amides is 3. The number of hydrogen-bond acceptors (Lipinski definition) is 4. The first kappa shape index (κ1) is 14.9. The van der Waals surface area contributed by atoms with Crippen LogP contribution in [0.2, 0.25) is 0 Å². The zero-order valence-corrected chi connectivity index (χ0v) is 11.5. The lowest BCUT2D eigenvalue weighted by molar-refractivity contribution is -0.144. The molecular weight excluding hydrogens is 236 g/mol. The van der Waals surface area contributed by atoms with E-state index in [1.54, 1.807) is 13.8 Å². The number of urea groups is 1. The van der Waals surface area contributed by atoms with Crippen LogP contribution in [0.1, 0.15) is 34.1 Å². The van der Waals surface area contributed by atoms with Crippen LogP contribution in [0.5, 0.6) is 0 Å². The molecular formula is C12H22N2O4. The summed E-state index contributed by atoms with van der Waals surface area (Å²) in [6, 6.07) is -0.350. The molecule has 3 amide bonds. The first-order valence-electron chi connectivity index (χ1n) is 6.29. The van der Waals surface area contributed by atoms with Crippen molar-refractivity contribution in [2.75, 3.05) is 19.8 Å². The van der Waals surface area contributed by atoms with Gasteiger partial charge in [0, 0.05) is 26.2 Å². The van der Waals surface area contributed by atoms with Crippen LogP contribution in [0.3, 0.4) is 0 Å².